The molecule has 0 fully saturated rings. The van der Waals surface area contributed by atoms with Crippen LogP contribution in [-0.4, -0.2) is 4.57 Å². The molecule has 0 aliphatic heterocycles. The van der Waals surface area contributed by atoms with Crippen LogP contribution in [0.2, 0.25) is 0 Å². The molecule has 3 aromatic heterocycles. The number of aromatic nitrogens is 1. The first-order chi connectivity index (χ1) is 45.4. The number of hydrogen-bond donors (Lipinski definition) is 0. The molecule has 432 valence electrons. The fraction of sp³-hybridized carbons (Fsp3) is 0.0455. The van der Waals surface area contributed by atoms with Gasteiger partial charge in [0, 0.05) is 71.6 Å². The summed E-state index contributed by atoms with van der Waals surface area (Å²) >= 11 is 0. The molecule has 19 rings (SSSR count). The summed E-state index contributed by atoms with van der Waals surface area (Å²) in [6.07, 6.45) is 0. The zero-order valence-electron chi connectivity index (χ0n) is 50.7. The van der Waals surface area contributed by atoms with Crippen molar-refractivity contribution >= 4 is 82.7 Å². The van der Waals surface area contributed by atoms with Crippen molar-refractivity contribution in [3.63, 3.8) is 0 Å². The molecular formula is C88H58N2O2. The summed E-state index contributed by atoms with van der Waals surface area (Å²) in [5.41, 5.74) is 28.5. The van der Waals surface area contributed by atoms with Crippen LogP contribution in [0, 0.1) is 0 Å². The number of anilines is 3. The Bertz CT molecular complexity index is 5630. The summed E-state index contributed by atoms with van der Waals surface area (Å²) in [6, 6.07) is 116. The summed E-state index contributed by atoms with van der Waals surface area (Å²) in [7, 11) is 0. The molecule has 0 saturated heterocycles. The second-order valence-corrected chi connectivity index (χ2v) is 25.4. The molecule has 14 aromatic carbocycles. The second-order valence-electron chi connectivity index (χ2n) is 25.4. The monoisotopic (exact) mass is 1170 g/mol. The Morgan fingerprint density at radius 2 is 0.674 bits per heavy atom. The van der Waals surface area contributed by atoms with E-state index in [2.05, 4.69) is 327 Å². The number of nitrogens with zero attached hydrogens (tertiary/aromatic N) is 2. The molecule has 0 radical (unpaired) electrons. The van der Waals surface area contributed by atoms with Crippen molar-refractivity contribution in [1.82, 2.24) is 4.57 Å². The van der Waals surface area contributed by atoms with Gasteiger partial charge in [-0.05, 0) is 151 Å². The topological polar surface area (TPSA) is 34.5 Å². The first-order valence-electron chi connectivity index (χ1n) is 31.9. The van der Waals surface area contributed by atoms with Crippen LogP contribution >= 0.6 is 0 Å². The molecule has 2 aliphatic rings. The molecule has 0 unspecified atom stereocenters. The predicted octanol–water partition coefficient (Wildman–Crippen LogP) is 23.7. The smallest absolute Gasteiger partial charge is 0.143 e. The Morgan fingerprint density at radius 1 is 0.283 bits per heavy atom. The molecule has 3 heterocycles. The Morgan fingerprint density at radius 3 is 1.23 bits per heavy atom. The van der Waals surface area contributed by atoms with Crippen molar-refractivity contribution in [3.05, 3.63) is 349 Å². The minimum atomic E-state index is -0.752. The highest BCUT2D eigenvalue weighted by Gasteiger charge is 2.47. The highest BCUT2D eigenvalue weighted by molar-refractivity contribution is 6.12. The zero-order valence-corrected chi connectivity index (χ0v) is 50.7. The Kier molecular flexibility index (Phi) is 11.3. The lowest BCUT2D eigenvalue weighted by molar-refractivity contribution is 0.660. The molecule has 4 nitrogen and oxygen atoms in total. The highest BCUT2D eigenvalue weighted by atomic mass is 16.3. The first-order valence-corrected chi connectivity index (χ1v) is 31.9. The molecule has 0 bridgehead atoms. The average molecular weight is 1180 g/mol. The number of hydrogen-bond acceptors (Lipinski definition) is 3. The normalized spacial score (nSPS) is 13.5. The minimum Gasteiger partial charge on any atom is -0.455 e. The zero-order chi connectivity index (χ0) is 60.8. The fourth-order valence-electron chi connectivity index (χ4n) is 16.0. The number of fused-ring (bicyclic) bond motifs is 15. The van der Waals surface area contributed by atoms with Crippen LogP contribution in [-0.2, 0) is 10.8 Å². The molecule has 4 heteroatoms. The maximum atomic E-state index is 6.66. The van der Waals surface area contributed by atoms with Crippen molar-refractivity contribution in [2.75, 3.05) is 4.90 Å². The van der Waals surface area contributed by atoms with Crippen molar-refractivity contribution in [3.8, 4) is 61.3 Å². The van der Waals surface area contributed by atoms with E-state index in [-0.39, 0.29) is 5.41 Å². The number of furan rings is 2. The minimum absolute atomic E-state index is 0.207. The molecule has 0 spiro atoms. The maximum Gasteiger partial charge on any atom is 0.143 e. The third kappa shape index (κ3) is 7.58. The molecular weight excluding hydrogens is 1120 g/mol. The molecule has 17 aromatic rings. The van der Waals surface area contributed by atoms with Crippen molar-refractivity contribution in [1.29, 1.82) is 0 Å². The van der Waals surface area contributed by atoms with Gasteiger partial charge in [0.05, 0.1) is 16.4 Å². The van der Waals surface area contributed by atoms with Gasteiger partial charge in [-0.15, -0.1) is 0 Å². The van der Waals surface area contributed by atoms with Gasteiger partial charge in [-0.25, -0.2) is 0 Å². The van der Waals surface area contributed by atoms with Crippen molar-refractivity contribution in [2.24, 2.45) is 0 Å². The van der Waals surface area contributed by atoms with Crippen molar-refractivity contribution < 1.29 is 8.83 Å². The lowest BCUT2D eigenvalue weighted by Gasteiger charge is -2.35. The third-order valence-corrected chi connectivity index (χ3v) is 20.3. The molecule has 0 saturated carbocycles. The van der Waals surface area contributed by atoms with E-state index in [1.807, 2.05) is 12.1 Å². The SMILES string of the molecule is CC1(C)c2ccccc2-c2ccc(N(c3ccc(-c4ccc(-n5c6ccccc6c6ccccc65)cc4)cc3)c3ccc4c(c3)C(c3ccc(-c5cccc6c5oc5ccccc56)cc3)(c3ccc(-c5cccc6c5oc5ccccc56)cc3)c3ccccc3-4)cc21. The van der Waals surface area contributed by atoms with Crippen LogP contribution in [0.1, 0.15) is 47.2 Å². The third-order valence-electron chi connectivity index (χ3n) is 20.3. The summed E-state index contributed by atoms with van der Waals surface area (Å²) in [5, 5.41) is 6.99. The molecule has 0 N–H and O–H groups in total. The van der Waals surface area contributed by atoms with E-state index in [1.54, 1.807) is 0 Å². The quantitative estimate of drug-likeness (QED) is 0.144. The van der Waals surface area contributed by atoms with Gasteiger partial charge in [0.25, 0.3) is 0 Å². The van der Waals surface area contributed by atoms with Gasteiger partial charge in [-0.1, -0.05) is 257 Å². The van der Waals surface area contributed by atoms with E-state index >= 15 is 0 Å². The van der Waals surface area contributed by atoms with Crippen LogP contribution in [0.25, 0.3) is 127 Å². The lowest BCUT2D eigenvalue weighted by atomic mass is 9.67. The Balaban J connectivity index is 0.786. The van der Waals surface area contributed by atoms with Gasteiger partial charge in [0.15, 0.2) is 0 Å². The van der Waals surface area contributed by atoms with Crippen molar-refractivity contribution in [2.45, 2.75) is 24.7 Å². The molecule has 0 amide bonds. The summed E-state index contributed by atoms with van der Waals surface area (Å²) in [6.45, 7) is 4.75. The summed E-state index contributed by atoms with van der Waals surface area (Å²) in [5.74, 6) is 0. The highest BCUT2D eigenvalue weighted by Crippen LogP contribution is 2.59. The summed E-state index contributed by atoms with van der Waals surface area (Å²) in [4.78, 5) is 2.48. The fourth-order valence-corrected chi connectivity index (χ4v) is 16.0. The molecule has 92 heavy (non-hydrogen) atoms. The van der Waals surface area contributed by atoms with Crippen LogP contribution in [0.4, 0.5) is 17.1 Å². The Labute approximate surface area is 532 Å². The standard InChI is InChI=1S/C88H58N2O2/c1-87(2)77-27-9-3-17-67(77)69-51-49-63(53-79(69)87)89(61-45-37-55(38-46-61)56-39-47-62(48-40-56)90-81-29-11-5-19-71(81)72-20-6-12-30-82(72)90)64-50-52-70-68-18-4-10-28-78(68)88(80(70)54-64,59-41-33-57(34-42-59)65-23-15-25-75-73-21-7-13-31-83(73)91-85(65)75)60-43-35-58(36-44-60)66-24-16-26-76-74-22-8-14-32-84(74)92-86(66)76/h3-54H,1-2H3. The van der Waals surface area contributed by atoms with E-state index in [0.29, 0.717) is 0 Å². The van der Waals surface area contributed by atoms with E-state index in [0.717, 1.165) is 100 Å². The second kappa shape index (κ2) is 19.9. The molecule has 2 aliphatic carbocycles. The van der Waals surface area contributed by atoms with E-state index in [1.165, 1.54) is 77.4 Å². The lowest BCUT2D eigenvalue weighted by Crippen LogP contribution is -2.29. The van der Waals surface area contributed by atoms with Gasteiger partial charge in [0.1, 0.15) is 22.3 Å². The van der Waals surface area contributed by atoms with Gasteiger partial charge < -0.3 is 18.3 Å². The van der Waals surface area contributed by atoms with E-state index in [9.17, 15) is 0 Å². The van der Waals surface area contributed by atoms with Gasteiger partial charge >= 0.3 is 0 Å². The first kappa shape index (κ1) is 52.2. The van der Waals surface area contributed by atoms with Gasteiger partial charge in [0.2, 0.25) is 0 Å². The molecule has 0 atom stereocenters. The van der Waals surface area contributed by atoms with Crippen LogP contribution in [0.15, 0.2) is 324 Å². The number of benzene rings is 14. The largest absolute Gasteiger partial charge is 0.455 e. The van der Waals surface area contributed by atoms with Crippen LogP contribution < -0.4 is 4.90 Å². The maximum absolute atomic E-state index is 6.66. The van der Waals surface area contributed by atoms with E-state index in [4.69, 9.17) is 8.83 Å². The van der Waals surface area contributed by atoms with Crippen LogP contribution in [0.3, 0.4) is 0 Å². The van der Waals surface area contributed by atoms with Gasteiger partial charge in [-0.2, -0.15) is 0 Å². The average Bonchev–Trinajstić information content (AvgIpc) is 1.52. The summed E-state index contributed by atoms with van der Waals surface area (Å²) < 4.78 is 15.7. The van der Waals surface area contributed by atoms with Crippen LogP contribution in [0.5, 0.6) is 0 Å². The van der Waals surface area contributed by atoms with E-state index < -0.39 is 5.41 Å². The van der Waals surface area contributed by atoms with Gasteiger partial charge in [-0.3, -0.25) is 0 Å². The predicted molar refractivity (Wildman–Crippen MR) is 381 cm³/mol. The number of rotatable bonds is 9. The Hall–Kier alpha value is -11.7. The number of para-hydroxylation sites is 6.